The van der Waals surface area contributed by atoms with Gasteiger partial charge >= 0.3 is 0 Å². The van der Waals surface area contributed by atoms with Crippen LogP contribution in [0.4, 0.5) is 5.69 Å². The van der Waals surface area contributed by atoms with Gasteiger partial charge in [0.2, 0.25) is 11.8 Å². The van der Waals surface area contributed by atoms with Crippen molar-refractivity contribution in [2.24, 2.45) is 5.92 Å². The molecular weight excluding hydrogens is 410 g/mol. The normalized spacial score (nSPS) is 19.0. The van der Waals surface area contributed by atoms with Crippen molar-refractivity contribution in [3.05, 3.63) is 64.2 Å². The van der Waals surface area contributed by atoms with Gasteiger partial charge in [-0.15, -0.1) is 0 Å². The Hall–Kier alpha value is -2.66. The highest BCUT2D eigenvalue weighted by molar-refractivity contribution is 5.90. The molecule has 0 aromatic heterocycles. The molecule has 2 aromatic carbocycles. The van der Waals surface area contributed by atoms with Crippen molar-refractivity contribution in [2.45, 2.75) is 59.4 Å². The second-order valence-corrected chi connectivity index (χ2v) is 9.88. The fourth-order valence-electron chi connectivity index (χ4n) is 5.17. The highest BCUT2D eigenvalue weighted by atomic mass is 16.2. The number of piperidine rings is 1. The molecule has 2 aromatic rings. The van der Waals surface area contributed by atoms with E-state index >= 15 is 0 Å². The number of nitrogens with zero attached hydrogens (tertiary/aromatic N) is 2. The predicted octanol–water partition coefficient (Wildman–Crippen LogP) is 4.63. The van der Waals surface area contributed by atoms with Gasteiger partial charge in [-0.05, 0) is 92.9 Å². The molecule has 176 valence electrons. The maximum Gasteiger partial charge on any atom is 0.227 e. The summed E-state index contributed by atoms with van der Waals surface area (Å²) in [5.41, 5.74) is 7.33. The van der Waals surface area contributed by atoms with Crippen LogP contribution >= 0.6 is 0 Å². The van der Waals surface area contributed by atoms with Gasteiger partial charge in [0.1, 0.15) is 0 Å². The molecule has 33 heavy (non-hydrogen) atoms. The number of likely N-dealkylation sites (tertiary alicyclic amines) is 1. The molecule has 0 radical (unpaired) electrons. The molecule has 0 spiro atoms. The van der Waals surface area contributed by atoms with Gasteiger partial charge < -0.3 is 15.1 Å². The van der Waals surface area contributed by atoms with Gasteiger partial charge in [0.15, 0.2) is 0 Å². The lowest BCUT2D eigenvalue weighted by Crippen LogP contribution is -2.45. The summed E-state index contributed by atoms with van der Waals surface area (Å²) in [6.07, 6.45) is 4.48. The minimum Gasteiger partial charge on any atom is -0.338 e. The minimum absolute atomic E-state index is 0.0313. The van der Waals surface area contributed by atoms with Gasteiger partial charge in [0, 0.05) is 38.3 Å². The highest BCUT2D eigenvalue weighted by Crippen LogP contribution is 2.26. The summed E-state index contributed by atoms with van der Waals surface area (Å²) in [4.78, 5) is 30.2. The Kier molecular flexibility index (Phi) is 7.49. The van der Waals surface area contributed by atoms with Gasteiger partial charge in [-0.3, -0.25) is 9.59 Å². The Morgan fingerprint density at radius 1 is 1.00 bits per heavy atom. The lowest BCUT2D eigenvalue weighted by molar-refractivity contribution is -0.138. The van der Waals surface area contributed by atoms with Crippen LogP contribution in [0.3, 0.4) is 0 Å². The van der Waals surface area contributed by atoms with Gasteiger partial charge in [0.25, 0.3) is 0 Å². The summed E-state index contributed by atoms with van der Waals surface area (Å²) in [6, 6.07) is 12.5. The zero-order chi connectivity index (χ0) is 23.4. The molecule has 5 heteroatoms. The van der Waals surface area contributed by atoms with Crippen molar-refractivity contribution in [3.8, 4) is 0 Å². The van der Waals surface area contributed by atoms with E-state index in [4.69, 9.17) is 0 Å². The van der Waals surface area contributed by atoms with E-state index in [1.54, 1.807) is 0 Å². The zero-order valence-corrected chi connectivity index (χ0v) is 20.3. The van der Waals surface area contributed by atoms with E-state index in [0.29, 0.717) is 13.0 Å². The maximum absolute atomic E-state index is 13.4. The fourth-order valence-corrected chi connectivity index (χ4v) is 5.17. The Labute approximate surface area is 198 Å². The number of fused-ring (bicyclic) bond motifs is 1. The summed E-state index contributed by atoms with van der Waals surface area (Å²) in [6.45, 7) is 10.3. The van der Waals surface area contributed by atoms with Crippen LogP contribution < -0.4 is 5.32 Å². The van der Waals surface area contributed by atoms with E-state index < -0.39 is 0 Å². The van der Waals surface area contributed by atoms with Crippen LogP contribution in [0.25, 0.3) is 0 Å². The zero-order valence-electron chi connectivity index (χ0n) is 20.3. The van der Waals surface area contributed by atoms with Crippen LogP contribution in [0.15, 0.2) is 36.4 Å². The second kappa shape index (κ2) is 10.5. The molecule has 2 aliphatic heterocycles. The summed E-state index contributed by atoms with van der Waals surface area (Å²) in [7, 11) is 0. The average molecular weight is 448 g/mol. The first-order chi connectivity index (χ1) is 15.9. The third-order valence-electron chi connectivity index (χ3n) is 7.17. The number of carbonyl (C=O) groups is 2. The number of aryl methyl sites for hydroxylation is 4. The third-order valence-corrected chi connectivity index (χ3v) is 7.17. The maximum atomic E-state index is 13.4. The molecule has 1 fully saturated rings. The van der Waals surface area contributed by atoms with Gasteiger partial charge in [0.05, 0.1) is 5.92 Å². The van der Waals surface area contributed by atoms with Gasteiger partial charge in [-0.25, -0.2) is 0 Å². The molecule has 5 nitrogen and oxygen atoms in total. The van der Waals surface area contributed by atoms with Crippen LogP contribution in [0.2, 0.25) is 0 Å². The second-order valence-electron chi connectivity index (χ2n) is 9.88. The van der Waals surface area contributed by atoms with Gasteiger partial charge in [-0.1, -0.05) is 24.3 Å². The monoisotopic (exact) mass is 447 g/mol. The average Bonchev–Trinajstić information content (AvgIpc) is 3.00. The number of carbonyl (C=O) groups excluding carboxylic acids is 2. The van der Waals surface area contributed by atoms with E-state index in [2.05, 4.69) is 41.1 Å². The molecule has 1 saturated heterocycles. The van der Waals surface area contributed by atoms with Crippen LogP contribution in [-0.2, 0) is 22.6 Å². The van der Waals surface area contributed by atoms with Crippen LogP contribution in [-0.4, -0.2) is 47.8 Å². The predicted molar refractivity (Wildman–Crippen MR) is 133 cm³/mol. The summed E-state index contributed by atoms with van der Waals surface area (Å²) < 4.78 is 0. The van der Waals surface area contributed by atoms with E-state index in [-0.39, 0.29) is 17.7 Å². The lowest BCUT2D eigenvalue weighted by atomic mass is 9.95. The number of amides is 2. The van der Waals surface area contributed by atoms with Crippen molar-refractivity contribution in [1.82, 2.24) is 9.80 Å². The Bertz CT molecular complexity index is 1020. The molecule has 2 aliphatic rings. The van der Waals surface area contributed by atoms with E-state index in [1.807, 2.05) is 31.2 Å². The standard InChI is InChI=1S/C28H37N3O2/c1-20-7-4-10-26(15-20)29-27(32)11-14-30-12-5-9-24(18-30)28(33)31-13-6-8-23-16-21(2)22(3)17-25(23)19-31/h4,7,10,15-17,24H,5-6,8-9,11-14,18-19H2,1-3H3,(H,29,32). The van der Waals surface area contributed by atoms with Crippen molar-refractivity contribution in [2.75, 3.05) is 31.5 Å². The molecule has 1 N–H and O–H groups in total. The number of hydrogen-bond donors (Lipinski definition) is 1. The minimum atomic E-state index is 0.0313. The molecule has 1 unspecified atom stereocenters. The largest absolute Gasteiger partial charge is 0.338 e. The topological polar surface area (TPSA) is 52.7 Å². The van der Waals surface area contributed by atoms with E-state index in [9.17, 15) is 9.59 Å². The van der Waals surface area contributed by atoms with Crippen molar-refractivity contribution >= 4 is 17.5 Å². The number of rotatable bonds is 5. The summed E-state index contributed by atoms with van der Waals surface area (Å²) in [5, 5.41) is 2.99. The quantitative estimate of drug-likeness (QED) is 0.727. The lowest BCUT2D eigenvalue weighted by Gasteiger charge is -2.34. The molecule has 1 atom stereocenters. The van der Waals surface area contributed by atoms with E-state index in [1.165, 1.54) is 22.3 Å². The molecule has 0 aliphatic carbocycles. The number of anilines is 1. The van der Waals surface area contributed by atoms with Crippen molar-refractivity contribution in [1.29, 1.82) is 0 Å². The van der Waals surface area contributed by atoms with E-state index in [0.717, 1.165) is 63.1 Å². The third kappa shape index (κ3) is 6.02. The Morgan fingerprint density at radius 2 is 1.79 bits per heavy atom. The van der Waals surface area contributed by atoms with Crippen LogP contribution in [0, 0.1) is 26.7 Å². The van der Waals surface area contributed by atoms with Crippen LogP contribution in [0.1, 0.15) is 53.5 Å². The first-order valence-electron chi connectivity index (χ1n) is 12.4. The number of hydrogen-bond acceptors (Lipinski definition) is 3. The summed E-state index contributed by atoms with van der Waals surface area (Å²) in [5.74, 6) is 0.352. The Morgan fingerprint density at radius 3 is 2.58 bits per heavy atom. The van der Waals surface area contributed by atoms with Crippen LogP contribution in [0.5, 0.6) is 0 Å². The number of nitrogens with one attached hydrogen (secondary N) is 1. The first kappa shape index (κ1) is 23.5. The molecule has 4 rings (SSSR count). The first-order valence-corrected chi connectivity index (χ1v) is 12.4. The number of benzene rings is 2. The SMILES string of the molecule is Cc1cccc(NC(=O)CCN2CCCC(C(=O)N3CCCc4cc(C)c(C)cc4C3)C2)c1. The molecule has 0 bridgehead atoms. The van der Waals surface area contributed by atoms with Crippen molar-refractivity contribution < 1.29 is 9.59 Å². The molecule has 2 amide bonds. The molecular formula is C28H37N3O2. The van der Waals surface area contributed by atoms with Gasteiger partial charge in [-0.2, -0.15) is 0 Å². The molecule has 2 heterocycles. The smallest absolute Gasteiger partial charge is 0.227 e. The summed E-state index contributed by atoms with van der Waals surface area (Å²) >= 11 is 0. The highest BCUT2D eigenvalue weighted by Gasteiger charge is 2.30. The molecule has 0 saturated carbocycles. The Balaban J connectivity index is 1.31. The fraction of sp³-hybridized carbons (Fsp3) is 0.500. The van der Waals surface area contributed by atoms with Crippen molar-refractivity contribution in [3.63, 3.8) is 0 Å².